The molecule has 1 aromatic rings. The molecule has 0 heterocycles. The van der Waals surface area contributed by atoms with E-state index in [9.17, 15) is 9.18 Å². The Kier molecular flexibility index (Phi) is 6.62. The van der Waals surface area contributed by atoms with Gasteiger partial charge in [0.05, 0.1) is 11.3 Å². The highest BCUT2D eigenvalue weighted by atomic mass is 19.1. The number of nitrogens with one attached hydrogen (secondary N) is 1. The standard InChI is InChI=1S/C16H26FN3O/c1-12(2)11-20(10-9-19(4)5)16(21)13-7-6-8-14(17)15(13)18-3/h6-8,12,18H,9-11H2,1-5H3. The van der Waals surface area contributed by atoms with Crippen LogP contribution in [0.15, 0.2) is 18.2 Å². The number of halogens is 1. The van der Waals surface area contributed by atoms with E-state index in [1.807, 2.05) is 19.0 Å². The quantitative estimate of drug-likeness (QED) is 0.839. The second-order valence-corrected chi connectivity index (χ2v) is 5.86. The number of benzene rings is 1. The summed E-state index contributed by atoms with van der Waals surface area (Å²) in [6.45, 7) is 6.21. The summed E-state index contributed by atoms with van der Waals surface area (Å²) >= 11 is 0. The van der Waals surface area contributed by atoms with Crippen molar-refractivity contribution in [2.45, 2.75) is 13.8 Å². The maximum Gasteiger partial charge on any atom is 0.256 e. The molecular weight excluding hydrogens is 269 g/mol. The summed E-state index contributed by atoms with van der Waals surface area (Å²) in [6.07, 6.45) is 0. The second kappa shape index (κ2) is 7.98. The maximum atomic E-state index is 13.8. The first-order valence-corrected chi connectivity index (χ1v) is 7.27. The number of hydrogen-bond donors (Lipinski definition) is 1. The number of hydrogen-bond acceptors (Lipinski definition) is 3. The minimum Gasteiger partial charge on any atom is -0.385 e. The molecule has 0 aliphatic carbocycles. The lowest BCUT2D eigenvalue weighted by Gasteiger charge is -2.27. The molecule has 1 aromatic carbocycles. The molecular formula is C16H26FN3O. The third kappa shape index (κ3) is 5.01. The van der Waals surface area contributed by atoms with Gasteiger partial charge in [-0.25, -0.2) is 4.39 Å². The van der Waals surface area contributed by atoms with Gasteiger partial charge in [0.2, 0.25) is 0 Å². The van der Waals surface area contributed by atoms with Crippen LogP contribution in [0.5, 0.6) is 0 Å². The zero-order valence-electron chi connectivity index (χ0n) is 13.6. The minimum absolute atomic E-state index is 0.130. The van der Waals surface area contributed by atoms with Crippen molar-refractivity contribution in [1.29, 1.82) is 0 Å². The predicted molar refractivity (Wildman–Crippen MR) is 85.2 cm³/mol. The van der Waals surface area contributed by atoms with Gasteiger partial charge in [0.1, 0.15) is 5.82 Å². The molecule has 0 aliphatic rings. The molecule has 5 heteroatoms. The first kappa shape index (κ1) is 17.4. The molecule has 0 aliphatic heterocycles. The average molecular weight is 295 g/mol. The fraction of sp³-hybridized carbons (Fsp3) is 0.562. The Labute approximate surface area is 126 Å². The second-order valence-electron chi connectivity index (χ2n) is 5.86. The van der Waals surface area contributed by atoms with E-state index >= 15 is 0 Å². The van der Waals surface area contributed by atoms with E-state index in [4.69, 9.17) is 0 Å². The first-order chi connectivity index (χ1) is 9.86. The number of amides is 1. The molecule has 1 N–H and O–H groups in total. The summed E-state index contributed by atoms with van der Waals surface area (Å²) in [4.78, 5) is 16.6. The van der Waals surface area contributed by atoms with Crippen LogP contribution in [-0.4, -0.2) is 56.5 Å². The molecule has 1 amide bonds. The number of rotatable bonds is 7. The molecule has 0 radical (unpaired) electrons. The summed E-state index contributed by atoms with van der Waals surface area (Å²) in [5, 5.41) is 2.78. The van der Waals surface area contributed by atoms with Crippen LogP contribution in [-0.2, 0) is 0 Å². The average Bonchev–Trinajstić information content (AvgIpc) is 2.41. The zero-order chi connectivity index (χ0) is 16.0. The predicted octanol–water partition coefficient (Wildman–Crippen LogP) is 2.53. The molecule has 0 fully saturated rings. The summed E-state index contributed by atoms with van der Waals surface area (Å²) in [7, 11) is 5.57. The molecule has 0 aromatic heterocycles. The smallest absolute Gasteiger partial charge is 0.256 e. The van der Waals surface area contributed by atoms with E-state index in [1.54, 1.807) is 24.1 Å². The molecule has 4 nitrogen and oxygen atoms in total. The Hall–Kier alpha value is -1.62. The van der Waals surface area contributed by atoms with Crippen molar-refractivity contribution in [1.82, 2.24) is 9.80 Å². The van der Waals surface area contributed by atoms with Gasteiger partial charge in [0, 0.05) is 26.7 Å². The molecule has 1 rings (SSSR count). The van der Waals surface area contributed by atoms with E-state index in [0.717, 1.165) is 6.54 Å². The Morgan fingerprint density at radius 1 is 1.29 bits per heavy atom. The first-order valence-electron chi connectivity index (χ1n) is 7.27. The van der Waals surface area contributed by atoms with E-state index in [0.29, 0.717) is 24.6 Å². The Morgan fingerprint density at radius 2 is 1.95 bits per heavy atom. The molecule has 0 saturated carbocycles. The van der Waals surface area contributed by atoms with Crippen LogP contribution in [0, 0.1) is 11.7 Å². The third-order valence-corrected chi connectivity index (χ3v) is 3.18. The number of carbonyl (C=O) groups excluding carboxylic acids is 1. The maximum absolute atomic E-state index is 13.8. The monoisotopic (exact) mass is 295 g/mol. The molecule has 0 atom stereocenters. The van der Waals surface area contributed by atoms with Crippen molar-refractivity contribution in [2.75, 3.05) is 46.1 Å². The van der Waals surface area contributed by atoms with Gasteiger partial charge in [-0.1, -0.05) is 19.9 Å². The van der Waals surface area contributed by atoms with E-state index in [2.05, 4.69) is 19.2 Å². The SMILES string of the molecule is CNc1c(F)cccc1C(=O)N(CCN(C)C)CC(C)C. The molecule has 0 unspecified atom stereocenters. The minimum atomic E-state index is -0.402. The van der Waals surface area contributed by atoms with Crippen molar-refractivity contribution in [3.05, 3.63) is 29.6 Å². The van der Waals surface area contributed by atoms with Crippen molar-refractivity contribution in [2.24, 2.45) is 5.92 Å². The summed E-state index contributed by atoms with van der Waals surface area (Å²) in [6, 6.07) is 4.60. The Balaban J connectivity index is 3.01. The number of anilines is 1. The van der Waals surface area contributed by atoms with Gasteiger partial charge in [-0.15, -0.1) is 0 Å². The Morgan fingerprint density at radius 3 is 2.48 bits per heavy atom. The summed E-state index contributed by atoms with van der Waals surface area (Å²) in [5.74, 6) is -0.169. The van der Waals surface area contributed by atoms with Crippen molar-refractivity contribution < 1.29 is 9.18 Å². The zero-order valence-corrected chi connectivity index (χ0v) is 13.6. The van der Waals surface area contributed by atoms with E-state index < -0.39 is 5.82 Å². The number of likely N-dealkylation sites (N-methyl/N-ethyl adjacent to an activating group) is 1. The number of carbonyl (C=O) groups is 1. The van der Waals surface area contributed by atoms with Crippen LogP contribution >= 0.6 is 0 Å². The Bertz CT molecular complexity index is 475. The molecule has 118 valence electrons. The van der Waals surface area contributed by atoms with Crippen LogP contribution in [0.25, 0.3) is 0 Å². The van der Waals surface area contributed by atoms with Gasteiger partial charge in [0.25, 0.3) is 5.91 Å². The number of para-hydroxylation sites is 1. The van der Waals surface area contributed by atoms with Crippen LogP contribution in [0.4, 0.5) is 10.1 Å². The van der Waals surface area contributed by atoms with E-state index in [-0.39, 0.29) is 11.6 Å². The van der Waals surface area contributed by atoms with Crippen LogP contribution in [0.2, 0.25) is 0 Å². The topological polar surface area (TPSA) is 35.6 Å². The van der Waals surface area contributed by atoms with E-state index in [1.165, 1.54) is 6.07 Å². The van der Waals surface area contributed by atoms with Crippen molar-refractivity contribution in [3.8, 4) is 0 Å². The highest BCUT2D eigenvalue weighted by molar-refractivity contribution is 5.99. The van der Waals surface area contributed by atoms with Gasteiger partial charge in [-0.2, -0.15) is 0 Å². The highest BCUT2D eigenvalue weighted by Crippen LogP contribution is 2.21. The largest absolute Gasteiger partial charge is 0.385 e. The van der Waals surface area contributed by atoms with Crippen molar-refractivity contribution >= 4 is 11.6 Å². The highest BCUT2D eigenvalue weighted by Gasteiger charge is 2.21. The van der Waals surface area contributed by atoms with Crippen LogP contribution in [0.1, 0.15) is 24.2 Å². The number of nitrogens with zero attached hydrogens (tertiary/aromatic N) is 2. The molecule has 21 heavy (non-hydrogen) atoms. The molecule has 0 saturated heterocycles. The van der Waals surface area contributed by atoms with Gasteiger partial charge in [0.15, 0.2) is 0 Å². The van der Waals surface area contributed by atoms with Crippen molar-refractivity contribution in [3.63, 3.8) is 0 Å². The van der Waals surface area contributed by atoms with Gasteiger partial charge < -0.3 is 15.1 Å². The fourth-order valence-electron chi connectivity index (χ4n) is 2.16. The molecule has 0 bridgehead atoms. The summed E-state index contributed by atoms with van der Waals surface area (Å²) < 4.78 is 13.8. The third-order valence-electron chi connectivity index (χ3n) is 3.18. The van der Waals surface area contributed by atoms with Crippen LogP contribution in [0.3, 0.4) is 0 Å². The lowest BCUT2D eigenvalue weighted by molar-refractivity contribution is 0.0725. The van der Waals surface area contributed by atoms with Crippen LogP contribution < -0.4 is 5.32 Å². The van der Waals surface area contributed by atoms with Gasteiger partial charge in [-0.05, 0) is 32.1 Å². The lowest BCUT2D eigenvalue weighted by Crippen LogP contribution is -2.39. The fourth-order valence-corrected chi connectivity index (χ4v) is 2.16. The summed E-state index contributed by atoms with van der Waals surface area (Å²) in [5.41, 5.74) is 0.651. The normalized spacial score (nSPS) is 11.0. The van der Waals surface area contributed by atoms with Gasteiger partial charge >= 0.3 is 0 Å². The van der Waals surface area contributed by atoms with Gasteiger partial charge in [-0.3, -0.25) is 4.79 Å². The lowest BCUT2D eigenvalue weighted by atomic mass is 10.1. The molecule has 0 spiro atoms.